The number of hydrogen-bond donors (Lipinski definition) is 1. The van der Waals surface area contributed by atoms with Crippen molar-refractivity contribution in [2.45, 2.75) is 70.5 Å². The summed E-state index contributed by atoms with van der Waals surface area (Å²) in [5, 5.41) is 9.42. The number of aliphatic carboxylic acids is 1. The minimum Gasteiger partial charge on any atom is -0.481 e. The van der Waals surface area contributed by atoms with E-state index in [-0.39, 0.29) is 11.2 Å². The molecule has 0 aromatic heterocycles. The van der Waals surface area contributed by atoms with Gasteiger partial charge in [-0.15, -0.1) is 0 Å². The van der Waals surface area contributed by atoms with Gasteiger partial charge in [0.1, 0.15) is 0 Å². The Bertz CT molecular complexity index is 359. The van der Waals surface area contributed by atoms with E-state index in [2.05, 4.69) is 0 Å². The Morgan fingerprint density at radius 1 is 1.00 bits per heavy atom. The molecular formula is C16H26O4. The van der Waals surface area contributed by atoms with Gasteiger partial charge in [0.25, 0.3) is 0 Å². The standard InChI is InChI=1S/C16H26O4/c1-14(19-11-12-20-14)3-2-4-15-5-8-16(9-6-15,10-7-15)13(17)18/h2-12H2,1H3,(H,17,18). The summed E-state index contributed by atoms with van der Waals surface area (Å²) < 4.78 is 11.3. The fraction of sp³-hybridized carbons (Fsp3) is 0.938. The summed E-state index contributed by atoms with van der Waals surface area (Å²) in [7, 11) is 0. The number of rotatable bonds is 5. The highest BCUT2D eigenvalue weighted by Crippen LogP contribution is 2.59. The molecule has 4 rings (SSSR count). The van der Waals surface area contributed by atoms with Gasteiger partial charge in [0.05, 0.1) is 18.6 Å². The molecule has 4 nitrogen and oxygen atoms in total. The quantitative estimate of drug-likeness (QED) is 0.840. The molecule has 0 aromatic carbocycles. The van der Waals surface area contributed by atoms with Crippen molar-refractivity contribution in [3.05, 3.63) is 0 Å². The zero-order valence-electron chi connectivity index (χ0n) is 12.5. The van der Waals surface area contributed by atoms with Gasteiger partial charge >= 0.3 is 5.97 Å². The highest BCUT2D eigenvalue weighted by Gasteiger charge is 2.52. The third-order valence-electron chi connectivity index (χ3n) is 6.09. The van der Waals surface area contributed by atoms with Gasteiger partial charge in [-0.3, -0.25) is 4.79 Å². The minimum absolute atomic E-state index is 0.370. The second-order valence-corrected chi connectivity index (χ2v) is 7.27. The zero-order chi connectivity index (χ0) is 14.3. The van der Waals surface area contributed by atoms with E-state index in [9.17, 15) is 9.90 Å². The average Bonchev–Trinajstić information content (AvgIpc) is 2.87. The molecule has 0 spiro atoms. The lowest BCUT2D eigenvalue weighted by molar-refractivity contribution is -0.160. The van der Waals surface area contributed by atoms with Gasteiger partial charge in [-0.25, -0.2) is 0 Å². The molecule has 4 heteroatoms. The Kier molecular flexibility index (Phi) is 3.57. The van der Waals surface area contributed by atoms with Crippen LogP contribution in [-0.4, -0.2) is 30.1 Å². The van der Waals surface area contributed by atoms with E-state index in [1.54, 1.807) is 0 Å². The van der Waals surface area contributed by atoms with Crippen molar-refractivity contribution in [2.75, 3.05) is 13.2 Å². The largest absolute Gasteiger partial charge is 0.481 e. The van der Waals surface area contributed by atoms with Crippen LogP contribution in [0.5, 0.6) is 0 Å². The molecule has 0 amide bonds. The first kappa shape index (κ1) is 14.3. The van der Waals surface area contributed by atoms with Crippen LogP contribution in [-0.2, 0) is 14.3 Å². The number of fused-ring (bicyclic) bond motifs is 3. The summed E-state index contributed by atoms with van der Waals surface area (Å²) in [5.41, 5.74) is 0.0254. The fourth-order valence-electron chi connectivity index (χ4n) is 4.44. The van der Waals surface area contributed by atoms with E-state index >= 15 is 0 Å². The van der Waals surface area contributed by atoms with Gasteiger partial charge in [0.15, 0.2) is 5.79 Å². The van der Waals surface area contributed by atoms with Crippen LogP contribution in [0.3, 0.4) is 0 Å². The minimum atomic E-state index is -0.564. The molecule has 20 heavy (non-hydrogen) atoms. The molecular weight excluding hydrogens is 256 g/mol. The third-order valence-corrected chi connectivity index (χ3v) is 6.09. The van der Waals surface area contributed by atoms with Gasteiger partial charge in [0, 0.05) is 6.42 Å². The maximum absolute atomic E-state index is 11.4. The predicted molar refractivity (Wildman–Crippen MR) is 74.4 cm³/mol. The number of carboxylic acids is 1. The molecule has 0 unspecified atom stereocenters. The summed E-state index contributed by atoms with van der Waals surface area (Å²) in [6.45, 7) is 3.46. The van der Waals surface area contributed by atoms with E-state index in [1.165, 1.54) is 6.42 Å². The number of carboxylic acid groups (broad SMARTS) is 1. The molecule has 1 saturated heterocycles. The Balaban J connectivity index is 1.51. The Morgan fingerprint density at radius 3 is 2.05 bits per heavy atom. The van der Waals surface area contributed by atoms with Crippen molar-refractivity contribution in [2.24, 2.45) is 10.8 Å². The molecule has 4 fully saturated rings. The Hall–Kier alpha value is -0.610. The first-order chi connectivity index (χ1) is 9.48. The maximum atomic E-state index is 11.4. The first-order valence-electron chi connectivity index (χ1n) is 7.99. The summed E-state index contributed by atoms with van der Waals surface area (Å²) >= 11 is 0. The average molecular weight is 282 g/mol. The normalized spacial score (nSPS) is 39.0. The van der Waals surface area contributed by atoms with E-state index in [0.717, 1.165) is 51.4 Å². The van der Waals surface area contributed by atoms with Gasteiger partial charge in [-0.2, -0.15) is 0 Å². The van der Waals surface area contributed by atoms with E-state index < -0.39 is 5.97 Å². The summed E-state index contributed by atoms with van der Waals surface area (Å²) in [5.74, 6) is -0.934. The van der Waals surface area contributed by atoms with Crippen LogP contribution in [0, 0.1) is 10.8 Å². The monoisotopic (exact) mass is 282 g/mol. The molecule has 1 N–H and O–H groups in total. The molecule has 3 aliphatic carbocycles. The molecule has 114 valence electrons. The van der Waals surface area contributed by atoms with Gasteiger partial charge in [-0.1, -0.05) is 0 Å². The number of carbonyl (C=O) groups is 1. The van der Waals surface area contributed by atoms with Crippen LogP contribution in [0.2, 0.25) is 0 Å². The highest BCUT2D eigenvalue weighted by molar-refractivity contribution is 5.75. The topological polar surface area (TPSA) is 55.8 Å². The van der Waals surface area contributed by atoms with Crippen LogP contribution < -0.4 is 0 Å². The van der Waals surface area contributed by atoms with Crippen LogP contribution >= 0.6 is 0 Å². The maximum Gasteiger partial charge on any atom is 0.309 e. The van der Waals surface area contributed by atoms with Gasteiger partial charge < -0.3 is 14.6 Å². The lowest BCUT2D eigenvalue weighted by Crippen LogP contribution is -2.45. The molecule has 2 bridgehead atoms. The SMILES string of the molecule is CC1(CCCC23CCC(C(=O)O)(CC2)CC3)OCCO1. The van der Waals surface area contributed by atoms with Crippen molar-refractivity contribution in [3.8, 4) is 0 Å². The zero-order valence-corrected chi connectivity index (χ0v) is 12.5. The van der Waals surface area contributed by atoms with Crippen molar-refractivity contribution in [1.29, 1.82) is 0 Å². The van der Waals surface area contributed by atoms with Crippen LogP contribution in [0.1, 0.15) is 64.7 Å². The van der Waals surface area contributed by atoms with E-state index in [1.807, 2.05) is 6.92 Å². The molecule has 1 heterocycles. The van der Waals surface area contributed by atoms with Gasteiger partial charge in [-0.05, 0) is 63.7 Å². The third kappa shape index (κ3) is 2.48. The number of ether oxygens (including phenoxy) is 2. The lowest BCUT2D eigenvalue weighted by atomic mass is 9.52. The second-order valence-electron chi connectivity index (χ2n) is 7.27. The van der Waals surface area contributed by atoms with Crippen LogP contribution in [0.15, 0.2) is 0 Å². The van der Waals surface area contributed by atoms with E-state index in [0.29, 0.717) is 18.6 Å². The lowest BCUT2D eigenvalue weighted by Gasteiger charge is -2.51. The van der Waals surface area contributed by atoms with Crippen molar-refractivity contribution >= 4 is 5.97 Å². The van der Waals surface area contributed by atoms with Crippen LogP contribution in [0.4, 0.5) is 0 Å². The Morgan fingerprint density at radius 2 is 1.55 bits per heavy atom. The van der Waals surface area contributed by atoms with Crippen molar-refractivity contribution in [1.82, 2.24) is 0 Å². The summed E-state index contributed by atoms with van der Waals surface area (Å²) in [6.07, 6.45) is 9.21. The van der Waals surface area contributed by atoms with Crippen LogP contribution in [0.25, 0.3) is 0 Å². The molecule has 3 saturated carbocycles. The summed E-state index contributed by atoms with van der Waals surface area (Å²) in [4.78, 5) is 11.4. The first-order valence-corrected chi connectivity index (χ1v) is 7.99. The number of hydrogen-bond acceptors (Lipinski definition) is 3. The van der Waals surface area contributed by atoms with Crippen molar-refractivity contribution in [3.63, 3.8) is 0 Å². The van der Waals surface area contributed by atoms with Gasteiger partial charge in [0.2, 0.25) is 0 Å². The Labute approximate surface area is 120 Å². The van der Waals surface area contributed by atoms with Crippen molar-refractivity contribution < 1.29 is 19.4 Å². The smallest absolute Gasteiger partial charge is 0.309 e. The molecule has 0 radical (unpaired) electrons. The second kappa shape index (κ2) is 4.99. The highest BCUT2D eigenvalue weighted by atomic mass is 16.7. The van der Waals surface area contributed by atoms with E-state index in [4.69, 9.17) is 9.47 Å². The predicted octanol–water partition coefficient (Wildman–Crippen LogP) is 3.34. The summed E-state index contributed by atoms with van der Waals surface area (Å²) in [6, 6.07) is 0. The molecule has 0 aromatic rings. The molecule has 0 atom stereocenters. The molecule has 1 aliphatic heterocycles. The molecule has 4 aliphatic rings. The fourth-order valence-corrected chi connectivity index (χ4v) is 4.44.